The predicted octanol–water partition coefficient (Wildman–Crippen LogP) is 1.95. The molecule has 0 bridgehead atoms. The molecule has 0 saturated carbocycles. The Hall–Kier alpha value is -1.78. The molecule has 0 amide bonds. The summed E-state index contributed by atoms with van der Waals surface area (Å²) in [5.41, 5.74) is 1.19. The van der Waals surface area contributed by atoms with E-state index in [2.05, 4.69) is 33.2 Å². The van der Waals surface area contributed by atoms with Crippen molar-refractivity contribution in [2.45, 2.75) is 26.3 Å². The highest BCUT2D eigenvalue weighted by atomic mass is 15.3. The van der Waals surface area contributed by atoms with Crippen molar-refractivity contribution in [3.05, 3.63) is 23.9 Å². The van der Waals surface area contributed by atoms with Crippen LogP contribution in [0.3, 0.4) is 0 Å². The number of nitrogens with zero attached hydrogens (tertiary/aromatic N) is 4. The molecular weight excluding hydrogens is 262 g/mol. The number of pyridine rings is 1. The van der Waals surface area contributed by atoms with Gasteiger partial charge in [0.1, 0.15) is 5.82 Å². The molecule has 1 aliphatic heterocycles. The summed E-state index contributed by atoms with van der Waals surface area (Å²) in [7, 11) is 5.90. The number of hydrogen-bond donors (Lipinski definition) is 1. The lowest BCUT2D eigenvalue weighted by molar-refractivity contribution is 0.273. The average Bonchev–Trinajstić information content (AvgIpc) is 2.50. The van der Waals surface area contributed by atoms with Crippen LogP contribution in [0.4, 0.5) is 5.82 Å². The fraction of sp³-hybridized carbons (Fsp3) is 0.625. The average molecular weight is 289 g/mol. The Balaban J connectivity index is 1.98. The van der Waals surface area contributed by atoms with Gasteiger partial charge in [-0.05, 0) is 24.8 Å². The van der Waals surface area contributed by atoms with E-state index in [1.165, 1.54) is 18.4 Å². The molecule has 0 aliphatic carbocycles. The van der Waals surface area contributed by atoms with Crippen molar-refractivity contribution in [3.8, 4) is 0 Å². The van der Waals surface area contributed by atoms with Crippen LogP contribution in [-0.4, -0.2) is 50.1 Å². The molecule has 0 radical (unpaired) electrons. The van der Waals surface area contributed by atoms with Crippen molar-refractivity contribution in [1.29, 1.82) is 0 Å². The Morgan fingerprint density at radius 3 is 2.76 bits per heavy atom. The van der Waals surface area contributed by atoms with Crippen LogP contribution >= 0.6 is 0 Å². The quantitative estimate of drug-likeness (QED) is 0.682. The first kappa shape index (κ1) is 15.6. The minimum atomic E-state index is 0.750. The first-order valence-corrected chi connectivity index (χ1v) is 7.68. The van der Waals surface area contributed by atoms with Crippen molar-refractivity contribution >= 4 is 11.8 Å². The summed E-state index contributed by atoms with van der Waals surface area (Å²) < 4.78 is 0. The molecule has 1 saturated heterocycles. The van der Waals surface area contributed by atoms with E-state index in [0.717, 1.165) is 37.3 Å². The highest BCUT2D eigenvalue weighted by Gasteiger charge is 2.18. The lowest BCUT2D eigenvalue weighted by Crippen LogP contribution is -2.45. The van der Waals surface area contributed by atoms with Gasteiger partial charge in [0, 0.05) is 52.5 Å². The zero-order valence-electron chi connectivity index (χ0n) is 13.6. The molecule has 1 aromatic heterocycles. The lowest BCUT2D eigenvalue weighted by Gasteiger charge is -2.33. The van der Waals surface area contributed by atoms with Gasteiger partial charge in [-0.1, -0.05) is 13.0 Å². The van der Waals surface area contributed by atoms with E-state index in [4.69, 9.17) is 0 Å². The van der Waals surface area contributed by atoms with Crippen LogP contribution in [0, 0.1) is 5.92 Å². The number of aromatic nitrogens is 1. The van der Waals surface area contributed by atoms with E-state index in [1.54, 1.807) is 0 Å². The molecule has 1 aromatic rings. The highest BCUT2D eigenvalue weighted by Crippen LogP contribution is 2.17. The maximum atomic E-state index is 4.44. The topological polar surface area (TPSA) is 43.8 Å². The van der Waals surface area contributed by atoms with Gasteiger partial charge in [0.15, 0.2) is 5.96 Å². The maximum absolute atomic E-state index is 4.44. The Morgan fingerprint density at radius 2 is 2.14 bits per heavy atom. The molecule has 0 aromatic carbocycles. The van der Waals surface area contributed by atoms with Gasteiger partial charge in [0.25, 0.3) is 0 Å². The minimum absolute atomic E-state index is 0.750. The zero-order chi connectivity index (χ0) is 15.2. The molecule has 1 fully saturated rings. The van der Waals surface area contributed by atoms with E-state index in [-0.39, 0.29) is 0 Å². The number of hydrogen-bond acceptors (Lipinski definition) is 3. The number of nitrogens with one attached hydrogen (secondary N) is 1. The highest BCUT2D eigenvalue weighted by molar-refractivity contribution is 5.80. The summed E-state index contributed by atoms with van der Waals surface area (Å²) in [6.07, 6.45) is 4.33. The van der Waals surface area contributed by atoms with Gasteiger partial charge in [0.05, 0.1) is 0 Å². The molecule has 2 rings (SSSR count). The van der Waals surface area contributed by atoms with Crippen LogP contribution in [-0.2, 0) is 6.54 Å². The first-order chi connectivity index (χ1) is 10.1. The second kappa shape index (κ2) is 7.29. The Kier molecular flexibility index (Phi) is 5.42. The molecule has 21 heavy (non-hydrogen) atoms. The van der Waals surface area contributed by atoms with Crippen LogP contribution in [0.25, 0.3) is 0 Å². The molecule has 0 atom stereocenters. The van der Waals surface area contributed by atoms with Crippen molar-refractivity contribution in [2.24, 2.45) is 10.9 Å². The standard InChI is InChI=1S/C16H27N5/c1-13-7-10-21(11-8-13)16(17-2)19-12-14-6-5-9-18-15(14)20(3)4/h5-6,9,13H,7-8,10-12H2,1-4H3,(H,17,19). The van der Waals surface area contributed by atoms with E-state index >= 15 is 0 Å². The van der Waals surface area contributed by atoms with Gasteiger partial charge in [-0.15, -0.1) is 0 Å². The van der Waals surface area contributed by atoms with Crippen molar-refractivity contribution in [3.63, 3.8) is 0 Å². The number of piperidine rings is 1. The van der Waals surface area contributed by atoms with Gasteiger partial charge in [0.2, 0.25) is 0 Å². The molecule has 1 N–H and O–H groups in total. The summed E-state index contributed by atoms with van der Waals surface area (Å²) >= 11 is 0. The molecule has 116 valence electrons. The van der Waals surface area contributed by atoms with Crippen LogP contribution in [0.5, 0.6) is 0 Å². The lowest BCUT2D eigenvalue weighted by atomic mass is 10.00. The number of anilines is 1. The largest absolute Gasteiger partial charge is 0.362 e. The summed E-state index contributed by atoms with van der Waals surface area (Å²) in [6.45, 7) is 5.26. The van der Waals surface area contributed by atoms with E-state index in [9.17, 15) is 0 Å². The van der Waals surface area contributed by atoms with Gasteiger partial charge < -0.3 is 15.1 Å². The second-order valence-electron chi connectivity index (χ2n) is 5.95. The normalized spacial score (nSPS) is 17.0. The third-order valence-electron chi connectivity index (χ3n) is 4.02. The second-order valence-corrected chi connectivity index (χ2v) is 5.95. The third-order valence-corrected chi connectivity index (χ3v) is 4.02. The van der Waals surface area contributed by atoms with Crippen LogP contribution in [0.2, 0.25) is 0 Å². The Bertz CT molecular complexity index is 475. The number of guanidine groups is 1. The Labute approximate surface area is 128 Å². The molecular formula is C16H27N5. The number of likely N-dealkylation sites (tertiary alicyclic amines) is 1. The molecule has 1 aliphatic rings. The van der Waals surface area contributed by atoms with Crippen molar-refractivity contribution < 1.29 is 0 Å². The summed E-state index contributed by atoms with van der Waals surface area (Å²) in [5.74, 6) is 2.83. The third kappa shape index (κ3) is 4.09. The van der Waals surface area contributed by atoms with Crippen molar-refractivity contribution in [1.82, 2.24) is 15.2 Å². The monoisotopic (exact) mass is 289 g/mol. The molecule has 5 nitrogen and oxygen atoms in total. The van der Waals surface area contributed by atoms with E-state index in [0.29, 0.717) is 0 Å². The molecule has 0 unspecified atom stereocenters. The first-order valence-electron chi connectivity index (χ1n) is 7.68. The zero-order valence-corrected chi connectivity index (χ0v) is 13.6. The van der Waals surface area contributed by atoms with E-state index < -0.39 is 0 Å². The van der Waals surface area contributed by atoms with Crippen LogP contribution in [0.1, 0.15) is 25.3 Å². The summed E-state index contributed by atoms with van der Waals surface area (Å²) in [6, 6.07) is 4.09. The van der Waals surface area contributed by atoms with E-state index in [1.807, 2.05) is 38.3 Å². The van der Waals surface area contributed by atoms with Crippen LogP contribution < -0.4 is 10.2 Å². The summed E-state index contributed by atoms with van der Waals surface area (Å²) in [5, 5.41) is 3.47. The Morgan fingerprint density at radius 1 is 1.43 bits per heavy atom. The van der Waals surface area contributed by atoms with Gasteiger partial charge in [-0.2, -0.15) is 0 Å². The number of rotatable bonds is 3. The van der Waals surface area contributed by atoms with Gasteiger partial charge >= 0.3 is 0 Å². The fourth-order valence-corrected chi connectivity index (χ4v) is 2.70. The predicted molar refractivity (Wildman–Crippen MR) is 88.7 cm³/mol. The van der Waals surface area contributed by atoms with Gasteiger partial charge in [-0.25, -0.2) is 4.98 Å². The van der Waals surface area contributed by atoms with Crippen LogP contribution in [0.15, 0.2) is 23.3 Å². The molecule has 0 spiro atoms. The van der Waals surface area contributed by atoms with Crippen molar-refractivity contribution in [2.75, 3.05) is 39.1 Å². The molecule has 2 heterocycles. The molecule has 5 heteroatoms. The SMILES string of the molecule is CN=C(NCc1cccnc1N(C)C)N1CCC(C)CC1. The summed E-state index contributed by atoms with van der Waals surface area (Å²) in [4.78, 5) is 13.3. The van der Waals surface area contributed by atoms with Gasteiger partial charge in [-0.3, -0.25) is 4.99 Å². The number of aliphatic imine (C=N–C) groups is 1. The fourth-order valence-electron chi connectivity index (χ4n) is 2.70. The maximum Gasteiger partial charge on any atom is 0.193 e. The minimum Gasteiger partial charge on any atom is -0.362 e. The smallest absolute Gasteiger partial charge is 0.193 e.